The predicted molar refractivity (Wildman–Crippen MR) is 109 cm³/mol. The van der Waals surface area contributed by atoms with Gasteiger partial charge < -0.3 is 14.9 Å². The summed E-state index contributed by atoms with van der Waals surface area (Å²) in [6.07, 6.45) is 8.45. The van der Waals surface area contributed by atoms with E-state index in [4.69, 9.17) is 4.74 Å². The van der Waals surface area contributed by atoms with Crippen LogP contribution in [0.1, 0.15) is 72.6 Å². The third-order valence-electron chi connectivity index (χ3n) is 9.49. The van der Waals surface area contributed by atoms with Crippen LogP contribution in [0.5, 0.6) is 0 Å². The van der Waals surface area contributed by atoms with Crippen molar-refractivity contribution in [2.75, 3.05) is 6.61 Å². The Balaban J connectivity index is 1.64. The lowest BCUT2D eigenvalue weighted by atomic mass is 9.46. The van der Waals surface area contributed by atoms with Crippen LogP contribution in [-0.4, -0.2) is 40.3 Å². The molecule has 162 valence electrons. The molecule has 0 bridgehead atoms. The van der Waals surface area contributed by atoms with Crippen LogP contribution < -0.4 is 0 Å². The fourth-order valence-electron chi connectivity index (χ4n) is 7.85. The first-order valence-electron chi connectivity index (χ1n) is 11.3. The summed E-state index contributed by atoms with van der Waals surface area (Å²) in [5, 5.41) is 21.9. The lowest BCUT2D eigenvalue weighted by Gasteiger charge is -2.58. The van der Waals surface area contributed by atoms with Crippen LogP contribution in [0.3, 0.4) is 0 Å². The summed E-state index contributed by atoms with van der Waals surface area (Å²) in [4.78, 5) is 24.3. The third kappa shape index (κ3) is 2.87. The fraction of sp³-hybridized carbons (Fsp3) is 0.833. The van der Waals surface area contributed by atoms with Gasteiger partial charge in [-0.3, -0.25) is 9.59 Å². The first kappa shape index (κ1) is 21.0. The van der Waals surface area contributed by atoms with Crippen molar-refractivity contribution < 1.29 is 24.5 Å². The van der Waals surface area contributed by atoms with E-state index in [9.17, 15) is 19.8 Å². The van der Waals surface area contributed by atoms with E-state index in [1.165, 1.54) is 12.5 Å². The predicted octanol–water partition coefficient (Wildman–Crippen LogP) is 3.42. The van der Waals surface area contributed by atoms with Crippen molar-refractivity contribution in [1.29, 1.82) is 0 Å². The standard InChI is InChI=1S/C24H36O5/c1-14-11-20-18-6-5-16-12-17(26)7-9-22(16,3)19(18)8-10-23(20,4)24(14,28)21(27)13-29-15(2)25/h5,14,17-20,26,28H,6-13H2,1-4H3/t14-,17+,18-,19+,20-,22+,23+,24+/m0/s1. The highest BCUT2D eigenvalue weighted by molar-refractivity contribution is 5.91. The molecular formula is C24H36O5. The van der Waals surface area contributed by atoms with Gasteiger partial charge in [-0.15, -0.1) is 0 Å². The van der Waals surface area contributed by atoms with Crippen LogP contribution in [-0.2, 0) is 14.3 Å². The second-order valence-electron chi connectivity index (χ2n) is 10.7. The van der Waals surface area contributed by atoms with Crippen molar-refractivity contribution in [3.05, 3.63) is 11.6 Å². The zero-order valence-corrected chi connectivity index (χ0v) is 18.2. The smallest absolute Gasteiger partial charge is 0.303 e. The average Bonchev–Trinajstić information content (AvgIpc) is 2.88. The zero-order chi connectivity index (χ0) is 21.2. The Kier molecular flexibility index (Phi) is 5.02. The molecule has 0 amide bonds. The molecule has 29 heavy (non-hydrogen) atoms. The Morgan fingerprint density at radius 3 is 2.62 bits per heavy atom. The summed E-state index contributed by atoms with van der Waals surface area (Å²) in [6, 6.07) is 0. The molecule has 4 aliphatic rings. The lowest BCUT2D eigenvalue weighted by Crippen LogP contribution is -2.59. The molecule has 2 N–H and O–H groups in total. The number of hydrogen-bond donors (Lipinski definition) is 2. The maximum absolute atomic E-state index is 13.1. The van der Waals surface area contributed by atoms with Crippen molar-refractivity contribution >= 4 is 11.8 Å². The summed E-state index contributed by atoms with van der Waals surface area (Å²) in [5.41, 5.74) is -0.366. The minimum atomic E-state index is -1.44. The molecule has 5 heteroatoms. The molecule has 0 spiro atoms. The minimum Gasteiger partial charge on any atom is -0.458 e. The van der Waals surface area contributed by atoms with Crippen LogP contribution in [0, 0.1) is 34.5 Å². The van der Waals surface area contributed by atoms with Gasteiger partial charge in [0.25, 0.3) is 0 Å². The Morgan fingerprint density at radius 1 is 1.21 bits per heavy atom. The van der Waals surface area contributed by atoms with E-state index >= 15 is 0 Å². The number of aliphatic hydroxyl groups excluding tert-OH is 1. The number of rotatable bonds is 3. The van der Waals surface area contributed by atoms with Crippen LogP contribution in [0.25, 0.3) is 0 Å². The lowest BCUT2D eigenvalue weighted by molar-refractivity contribution is -0.173. The second-order valence-corrected chi connectivity index (χ2v) is 10.7. The molecule has 0 aliphatic heterocycles. The molecule has 0 unspecified atom stereocenters. The highest BCUT2D eigenvalue weighted by Gasteiger charge is 2.68. The average molecular weight is 405 g/mol. The Labute approximate surface area is 173 Å². The summed E-state index contributed by atoms with van der Waals surface area (Å²) in [7, 11) is 0. The van der Waals surface area contributed by atoms with Gasteiger partial charge in [-0.2, -0.15) is 0 Å². The van der Waals surface area contributed by atoms with Crippen LogP contribution in [0.4, 0.5) is 0 Å². The molecule has 0 aromatic heterocycles. The van der Waals surface area contributed by atoms with Crippen molar-refractivity contribution in [1.82, 2.24) is 0 Å². The first-order valence-corrected chi connectivity index (χ1v) is 11.3. The molecule has 0 heterocycles. The molecular weight excluding hydrogens is 368 g/mol. The molecule has 5 nitrogen and oxygen atoms in total. The number of hydrogen-bond acceptors (Lipinski definition) is 5. The van der Waals surface area contributed by atoms with Crippen LogP contribution in [0.2, 0.25) is 0 Å². The van der Waals surface area contributed by atoms with Gasteiger partial charge in [0, 0.05) is 12.3 Å². The van der Waals surface area contributed by atoms with Gasteiger partial charge in [0.05, 0.1) is 6.10 Å². The summed E-state index contributed by atoms with van der Waals surface area (Å²) in [6.45, 7) is 7.40. The molecule has 3 fully saturated rings. The number of carbonyl (C=O) groups excluding carboxylic acids is 2. The summed E-state index contributed by atoms with van der Waals surface area (Å²) in [5.74, 6) is 0.301. The van der Waals surface area contributed by atoms with Gasteiger partial charge in [0.2, 0.25) is 5.78 Å². The number of ketones is 1. The second kappa shape index (κ2) is 6.91. The third-order valence-corrected chi connectivity index (χ3v) is 9.49. The van der Waals surface area contributed by atoms with Crippen molar-refractivity contribution in [3.63, 3.8) is 0 Å². The van der Waals surface area contributed by atoms with Crippen LogP contribution in [0.15, 0.2) is 11.6 Å². The quantitative estimate of drug-likeness (QED) is 0.556. The van der Waals surface area contributed by atoms with E-state index in [-0.39, 0.29) is 35.7 Å². The molecule has 0 aromatic rings. The molecule has 3 saturated carbocycles. The van der Waals surface area contributed by atoms with E-state index in [2.05, 4.69) is 19.9 Å². The largest absolute Gasteiger partial charge is 0.458 e. The van der Waals surface area contributed by atoms with Gasteiger partial charge in [-0.25, -0.2) is 0 Å². The van der Waals surface area contributed by atoms with Gasteiger partial charge >= 0.3 is 5.97 Å². The van der Waals surface area contributed by atoms with E-state index in [0.29, 0.717) is 11.8 Å². The van der Waals surface area contributed by atoms with Crippen LogP contribution >= 0.6 is 0 Å². The highest BCUT2D eigenvalue weighted by atomic mass is 16.5. The number of carbonyl (C=O) groups is 2. The summed E-state index contributed by atoms with van der Waals surface area (Å²) >= 11 is 0. The first-order chi connectivity index (χ1) is 13.5. The van der Waals surface area contributed by atoms with Gasteiger partial charge in [-0.05, 0) is 74.0 Å². The maximum Gasteiger partial charge on any atom is 0.303 e. The number of aliphatic hydroxyl groups is 2. The van der Waals surface area contributed by atoms with Gasteiger partial charge in [-0.1, -0.05) is 32.4 Å². The number of fused-ring (bicyclic) bond motifs is 5. The van der Waals surface area contributed by atoms with Crippen molar-refractivity contribution in [2.24, 2.45) is 34.5 Å². The summed E-state index contributed by atoms with van der Waals surface area (Å²) < 4.78 is 4.98. The van der Waals surface area contributed by atoms with Crippen molar-refractivity contribution in [2.45, 2.75) is 84.3 Å². The molecule has 4 rings (SSSR count). The Hall–Kier alpha value is -1.20. The van der Waals surface area contributed by atoms with Gasteiger partial charge in [0.1, 0.15) is 5.60 Å². The molecule has 8 atom stereocenters. The van der Waals surface area contributed by atoms with E-state index < -0.39 is 17.0 Å². The zero-order valence-electron chi connectivity index (χ0n) is 18.2. The monoisotopic (exact) mass is 404 g/mol. The number of allylic oxidation sites excluding steroid dienone is 1. The molecule has 0 saturated heterocycles. The van der Waals surface area contributed by atoms with Gasteiger partial charge in [0.15, 0.2) is 6.61 Å². The topological polar surface area (TPSA) is 83.8 Å². The van der Waals surface area contributed by atoms with Crippen molar-refractivity contribution in [3.8, 4) is 0 Å². The normalized spacial score (nSPS) is 48.8. The van der Waals surface area contributed by atoms with E-state index in [1.54, 1.807) is 0 Å². The maximum atomic E-state index is 13.1. The van der Waals surface area contributed by atoms with E-state index in [1.807, 2.05) is 6.92 Å². The minimum absolute atomic E-state index is 0.134. The molecule has 0 aromatic carbocycles. The molecule has 0 radical (unpaired) electrons. The molecule has 4 aliphatic carbocycles. The van der Waals surface area contributed by atoms with E-state index in [0.717, 1.165) is 44.9 Å². The Morgan fingerprint density at radius 2 is 1.93 bits per heavy atom. The number of esters is 1. The number of Topliss-reactive ketones (excluding diaryl/α,β-unsaturated/α-hetero) is 1. The highest BCUT2D eigenvalue weighted by Crippen LogP contribution is 2.68. The number of ether oxygens (including phenoxy) is 1. The fourth-order valence-corrected chi connectivity index (χ4v) is 7.85. The Bertz CT molecular complexity index is 744. The SMILES string of the molecule is CC(=O)OCC(=O)[C@]1(O)[C@@H](C)C[C@H]2[C@H]3CC=C4C[C@H](O)CC[C@@]4(C)[C@@H]3CC[C@]21C.